The van der Waals surface area contributed by atoms with Gasteiger partial charge in [-0.25, -0.2) is 5.84 Å². The van der Waals surface area contributed by atoms with Gasteiger partial charge in [0.15, 0.2) is 0 Å². The molecule has 0 unspecified atom stereocenters. The van der Waals surface area contributed by atoms with E-state index in [-0.39, 0.29) is 0 Å². The molecule has 108 valence electrons. The third-order valence-corrected chi connectivity index (χ3v) is 3.03. The first-order valence-electron chi connectivity index (χ1n) is 7.07. The molecule has 0 aromatic carbocycles. The van der Waals surface area contributed by atoms with Gasteiger partial charge in [0, 0.05) is 19.1 Å². The van der Waals surface area contributed by atoms with Crippen LogP contribution in [-0.2, 0) is 0 Å². The number of hydrazine groups is 1. The van der Waals surface area contributed by atoms with Crippen LogP contribution in [0.5, 0.6) is 0 Å². The topological polar surface area (TPSA) is 65.7 Å². The van der Waals surface area contributed by atoms with Crippen LogP contribution >= 0.6 is 0 Å². The van der Waals surface area contributed by atoms with Gasteiger partial charge in [0.05, 0.1) is 0 Å². The van der Waals surface area contributed by atoms with E-state index in [1.54, 1.807) is 0 Å². The summed E-state index contributed by atoms with van der Waals surface area (Å²) in [6.45, 7) is 9.47. The van der Waals surface area contributed by atoms with Gasteiger partial charge in [-0.3, -0.25) is 10.4 Å². The van der Waals surface area contributed by atoms with E-state index in [2.05, 4.69) is 48.5 Å². The Labute approximate surface area is 112 Å². The second-order valence-electron chi connectivity index (χ2n) is 4.94. The van der Waals surface area contributed by atoms with Gasteiger partial charge < -0.3 is 10.2 Å². The standard InChI is InChI=1S/C13H31N5/c1-5-6-9-15-13(17-14)16-10-7-8-11-18(4)12(2)3/h12H,5-11,14H2,1-4H3,(H2,15,16,17). The number of hydrogen-bond acceptors (Lipinski definition) is 3. The molecule has 0 amide bonds. The van der Waals surface area contributed by atoms with Gasteiger partial charge in [-0.2, -0.15) is 0 Å². The van der Waals surface area contributed by atoms with Crippen LogP contribution < -0.4 is 16.6 Å². The fourth-order valence-corrected chi connectivity index (χ4v) is 1.46. The molecular formula is C13H31N5. The summed E-state index contributed by atoms with van der Waals surface area (Å²) in [5, 5.41) is 3.19. The van der Waals surface area contributed by atoms with Crippen LogP contribution in [0.25, 0.3) is 0 Å². The van der Waals surface area contributed by atoms with Crippen LogP contribution in [0, 0.1) is 0 Å². The van der Waals surface area contributed by atoms with Crippen LogP contribution in [0.15, 0.2) is 4.99 Å². The second kappa shape index (κ2) is 11.3. The average molecular weight is 257 g/mol. The summed E-state index contributed by atoms with van der Waals surface area (Å²) >= 11 is 0. The molecule has 0 aliphatic heterocycles. The zero-order valence-electron chi connectivity index (χ0n) is 12.5. The molecule has 4 N–H and O–H groups in total. The van der Waals surface area contributed by atoms with Gasteiger partial charge in [-0.05, 0) is 46.7 Å². The normalized spacial score (nSPS) is 12.3. The van der Waals surface area contributed by atoms with E-state index in [4.69, 9.17) is 5.84 Å². The van der Waals surface area contributed by atoms with Crippen LogP contribution in [0.3, 0.4) is 0 Å². The number of nitrogens with one attached hydrogen (secondary N) is 2. The highest BCUT2D eigenvalue weighted by Crippen LogP contribution is 1.98. The highest BCUT2D eigenvalue weighted by Gasteiger charge is 2.01. The summed E-state index contributed by atoms with van der Waals surface area (Å²) in [5.74, 6) is 6.12. The molecule has 5 heteroatoms. The minimum absolute atomic E-state index is 0.616. The van der Waals surface area contributed by atoms with Crippen molar-refractivity contribution in [3.05, 3.63) is 0 Å². The highest BCUT2D eigenvalue weighted by atomic mass is 15.3. The smallest absolute Gasteiger partial charge is 0.205 e. The summed E-state index contributed by atoms with van der Waals surface area (Å²) in [7, 11) is 2.16. The lowest BCUT2D eigenvalue weighted by Gasteiger charge is -2.20. The van der Waals surface area contributed by atoms with Crippen molar-refractivity contribution >= 4 is 5.96 Å². The molecule has 0 bridgehead atoms. The van der Waals surface area contributed by atoms with Gasteiger partial charge in [0.1, 0.15) is 0 Å². The van der Waals surface area contributed by atoms with Crippen LogP contribution in [0.4, 0.5) is 0 Å². The highest BCUT2D eigenvalue weighted by molar-refractivity contribution is 5.79. The molecule has 0 aliphatic rings. The van der Waals surface area contributed by atoms with E-state index in [1.807, 2.05) is 0 Å². The third kappa shape index (κ3) is 9.24. The van der Waals surface area contributed by atoms with Crippen LogP contribution in [0.1, 0.15) is 46.5 Å². The van der Waals surface area contributed by atoms with Crippen molar-refractivity contribution in [3.8, 4) is 0 Å². The molecule has 5 nitrogen and oxygen atoms in total. The molecular weight excluding hydrogens is 226 g/mol. The molecule has 0 spiro atoms. The first-order chi connectivity index (χ1) is 8.61. The number of guanidine groups is 1. The fourth-order valence-electron chi connectivity index (χ4n) is 1.46. The average Bonchev–Trinajstić information content (AvgIpc) is 2.36. The molecule has 0 saturated heterocycles. The monoisotopic (exact) mass is 257 g/mol. The molecule has 18 heavy (non-hydrogen) atoms. The number of nitrogens with two attached hydrogens (primary N) is 1. The summed E-state index contributed by atoms with van der Waals surface area (Å²) in [4.78, 5) is 6.76. The zero-order chi connectivity index (χ0) is 13.8. The van der Waals surface area contributed by atoms with Crippen molar-refractivity contribution in [2.24, 2.45) is 10.8 Å². The maximum absolute atomic E-state index is 5.41. The van der Waals surface area contributed by atoms with Gasteiger partial charge in [-0.15, -0.1) is 0 Å². The number of unbranched alkanes of at least 4 members (excludes halogenated alkanes) is 2. The van der Waals surface area contributed by atoms with E-state index in [9.17, 15) is 0 Å². The van der Waals surface area contributed by atoms with Crippen molar-refractivity contribution in [2.45, 2.75) is 52.5 Å². The number of aliphatic imine (C=N–C) groups is 1. The van der Waals surface area contributed by atoms with Gasteiger partial charge >= 0.3 is 0 Å². The summed E-state index contributed by atoms with van der Waals surface area (Å²) < 4.78 is 0. The molecule has 0 aromatic heterocycles. The van der Waals surface area contributed by atoms with Crippen molar-refractivity contribution in [1.82, 2.24) is 15.6 Å². The number of hydrogen-bond donors (Lipinski definition) is 3. The lowest BCUT2D eigenvalue weighted by molar-refractivity contribution is 0.269. The Morgan fingerprint density at radius 3 is 2.56 bits per heavy atom. The first kappa shape index (κ1) is 17.2. The molecule has 0 atom stereocenters. The molecule has 0 fully saturated rings. The van der Waals surface area contributed by atoms with Crippen molar-refractivity contribution in [3.63, 3.8) is 0 Å². The second-order valence-corrected chi connectivity index (χ2v) is 4.94. The van der Waals surface area contributed by atoms with Gasteiger partial charge in [0.25, 0.3) is 0 Å². The maximum atomic E-state index is 5.41. The van der Waals surface area contributed by atoms with Crippen molar-refractivity contribution < 1.29 is 0 Å². The summed E-state index contributed by atoms with van der Waals surface area (Å²) in [6, 6.07) is 0.616. The van der Waals surface area contributed by atoms with E-state index >= 15 is 0 Å². The minimum Gasteiger partial charge on any atom is -0.355 e. The summed E-state index contributed by atoms with van der Waals surface area (Å²) in [6.07, 6.45) is 4.58. The molecule has 0 heterocycles. The van der Waals surface area contributed by atoms with E-state index < -0.39 is 0 Å². The van der Waals surface area contributed by atoms with E-state index in [0.717, 1.165) is 32.5 Å². The molecule has 0 saturated carbocycles. The quantitative estimate of drug-likeness (QED) is 0.192. The van der Waals surface area contributed by atoms with Gasteiger partial charge in [0.2, 0.25) is 5.96 Å². The summed E-state index contributed by atoms with van der Waals surface area (Å²) in [5.41, 5.74) is 2.61. The molecule has 0 aliphatic carbocycles. The van der Waals surface area contributed by atoms with E-state index in [1.165, 1.54) is 12.8 Å². The number of rotatable bonds is 9. The van der Waals surface area contributed by atoms with Crippen LogP contribution in [0.2, 0.25) is 0 Å². The van der Waals surface area contributed by atoms with Gasteiger partial charge in [-0.1, -0.05) is 13.3 Å². The predicted octanol–water partition coefficient (Wildman–Crippen LogP) is 1.32. The molecule has 0 rings (SSSR count). The Balaban J connectivity index is 3.64. The molecule has 0 radical (unpaired) electrons. The first-order valence-corrected chi connectivity index (χ1v) is 7.07. The Bertz CT molecular complexity index is 215. The predicted molar refractivity (Wildman–Crippen MR) is 79.5 cm³/mol. The molecule has 0 aromatic rings. The van der Waals surface area contributed by atoms with E-state index in [0.29, 0.717) is 12.0 Å². The lowest BCUT2D eigenvalue weighted by atomic mass is 10.2. The lowest BCUT2D eigenvalue weighted by Crippen LogP contribution is -2.42. The Morgan fingerprint density at radius 2 is 2.00 bits per heavy atom. The zero-order valence-corrected chi connectivity index (χ0v) is 12.5. The Morgan fingerprint density at radius 1 is 1.28 bits per heavy atom. The Kier molecular flexibility index (Phi) is 10.8. The van der Waals surface area contributed by atoms with Crippen LogP contribution in [-0.4, -0.2) is 43.6 Å². The number of nitrogens with zero attached hydrogens (tertiary/aromatic N) is 2. The third-order valence-electron chi connectivity index (χ3n) is 3.03. The van der Waals surface area contributed by atoms with Crippen molar-refractivity contribution in [2.75, 3.05) is 26.7 Å². The minimum atomic E-state index is 0.616. The Hall–Kier alpha value is -0.810. The largest absolute Gasteiger partial charge is 0.355 e. The maximum Gasteiger partial charge on any atom is 0.205 e. The fraction of sp³-hybridized carbons (Fsp3) is 0.923. The SMILES string of the molecule is CCCCNC(=NCCCCN(C)C(C)C)NN. The van der Waals surface area contributed by atoms with Crippen molar-refractivity contribution in [1.29, 1.82) is 0 Å².